The number of fused-ring (bicyclic) bond motifs is 2. The van der Waals surface area contributed by atoms with E-state index >= 15 is 0 Å². The molecule has 2 aromatic carbocycles. The van der Waals surface area contributed by atoms with Crippen molar-refractivity contribution in [3.05, 3.63) is 80.1 Å². The number of hydrogen-bond acceptors (Lipinski definition) is 3. The maximum absolute atomic E-state index is 13.1. The fraction of sp³-hybridized carbons (Fsp3) is 0.200. The second kappa shape index (κ2) is 6.15. The summed E-state index contributed by atoms with van der Waals surface area (Å²) in [6, 6.07) is 14.4. The van der Waals surface area contributed by atoms with E-state index in [9.17, 15) is 9.59 Å². The molecule has 0 bridgehead atoms. The fourth-order valence-electron chi connectivity index (χ4n) is 3.46. The van der Waals surface area contributed by atoms with E-state index in [2.05, 4.69) is 15.9 Å². The fourth-order valence-corrected chi connectivity index (χ4v) is 3.88. The van der Waals surface area contributed by atoms with Crippen LogP contribution in [0.5, 0.6) is 0 Å². The number of halogens is 1. The van der Waals surface area contributed by atoms with Crippen molar-refractivity contribution < 1.29 is 9.21 Å². The van der Waals surface area contributed by atoms with Crippen LogP contribution in [0.1, 0.15) is 41.1 Å². The number of rotatable bonds is 3. The molecule has 0 saturated carbocycles. The number of benzene rings is 2. The molecular weight excluding hydrogens is 382 g/mol. The first-order valence-electron chi connectivity index (χ1n) is 8.24. The van der Waals surface area contributed by atoms with Gasteiger partial charge >= 0.3 is 0 Å². The summed E-state index contributed by atoms with van der Waals surface area (Å²) in [5, 5.41) is 0.507. The largest absolute Gasteiger partial charge is 0.450 e. The third-order valence-electron chi connectivity index (χ3n) is 4.50. The summed E-state index contributed by atoms with van der Waals surface area (Å²) in [6.07, 6.45) is 0.804. The summed E-state index contributed by atoms with van der Waals surface area (Å²) in [5.41, 5.74) is 1.66. The normalized spacial score (nSPS) is 16.5. The van der Waals surface area contributed by atoms with Crippen LogP contribution in [0.15, 0.2) is 62.2 Å². The first-order valence-corrected chi connectivity index (χ1v) is 9.03. The minimum atomic E-state index is -0.416. The van der Waals surface area contributed by atoms with E-state index in [1.54, 1.807) is 29.2 Å². The monoisotopic (exact) mass is 397 g/mol. The third kappa shape index (κ3) is 2.50. The average molecular weight is 398 g/mol. The number of nitrogens with zero attached hydrogens (tertiary/aromatic N) is 1. The Labute approximate surface area is 153 Å². The lowest BCUT2D eigenvalue weighted by atomic mass is 9.98. The maximum atomic E-state index is 13.1. The number of carbonyl (C=O) groups excluding carboxylic acids is 1. The molecule has 4 nitrogen and oxygen atoms in total. The van der Waals surface area contributed by atoms with Crippen LogP contribution in [0.3, 0.4) is 0 Å². The van der Waals surface area contributed by atoms with Crippen molar-refractivity contribution >= 4 is 32.8 Å². The Morgan fingerprint density at radius 1 is 1.12 bits per heavy atom. The van der Waals surface area contributed by atoms with E-state index in [1.165, 1.54) is 0 Å². The van der Waals surface area contributed by atoms with Gasteiger partial charge < -0.3 is 9.32 Å². The van der Waals surface area contributed by atoms with Crippen LogP contribution in [-0.2, 0) is 0 Å². The van der Waals surface area contributed by atoms with Gasteiger partial charge in [-0.15, -0.1) is 0 Å². The standard InChI is InChI=1S/C20H16BrNO3/c1-2-10-22-17(12-6-5-7-13(21)11-12)16-18(23)14-8-3-4-9-15(14)25-19(16)20(22)24/h3-9,11,17H,2,10H2,1H3. The Morgan fingerprint density at radius 3 is 2.68 bits per heavy atom. The second-order valence-electron chi connectivity index (χ2n) is 6.13. The Balaban J connectivity index is 2.02. The summed E-state index contributed by atoms with van der Waals surface area (Å²) in [7, 11) is 0. The molecule has 25 heavy (non-hydrogen) atoms. The number of hydrogen-bond donors (Lipinski definition) is 0. The molecule has 0 radical (unpaired) electrons. The van der Waals surface area contributed by atoms with Crippen molar-refractivity contribution in [1.29, 1.82) is 0 Å². The lowest BCUT2D eigenvalue weighted by molar-refractivity contribution is 0.0728. The van der Waals surface area contributed by atoms with Gasteiger partial charge in [-0.1, -0.05) is 47.1 Å². The molecule has 1 aromatic heterocycles. The highest BCUT2D eigenvalue weighted by molar-refractivity contribution is 9.10. The van der Waals surface area contributed by atoms with Crippen molar-refractivity contribution in [2.45, 2.75) is 19.4 Å². The SMILES string of the molecule is CCCN1C(=O)c2oc3ccccc3c(=O)c2C1c1cccc(Br)c1. The molecule has 2 heterocycles. The average Bonchev–Trinajstić information content (AvgIpc) is 2.89. The highest BCUT2D eigenvalue weighted by atomic mass is 79.9. The second-order valence-corrected chi connectivity index (χ2v) is 7.04. The zero-order valence-corrected chi connectivity index (χ0v) is 15.2. The van der Waals surface area contributed by atoms with E-state index in [-0.39, 0.29) is 17.1 Å². The van der Waals surface area contributed by atoms with E-state index in [0.717, 1.165) is 16.5 Å². The molecule has 1 amide bonds. The van der Waals surface area contributed by atoms with Crippen LogP contribution in [-0.4, -0.2) is 17.4 Å². The summed E-state index contributed by atoms with van der Waals surface area (Å²) >= 11 is 3.48. The Morgan fingerprint density at radius 2 is 1.92 bits per heavy atom. The van der Waals surface area contributed by atoms with Crippen LogP contribution in [0, 0.1) is 0 Å². The van der Waals surface area contributed by atoms with Crippen LogP contribution in [0.2, 0.25) is 0 Å². The van der Waals surface area contributed by atoms with Crippen molar-refractivity contribution in [1.82, 2.24) is 4.90 Å². The highest BCUT2D eigenvalue weighted by Gasteiger charge is 2.42. The van der Waals surface area contributed by atoms with Gasteiger partial charge in [-0.3, -0.25) is 9.59 Å². The minimum Gasteiger partial charge on any atom is -0.450 e. The molecule has 4 rings (SSSR count). The molecule has 3 aromatic rings. The van der Waals surface area contributed by atoms with Gasteiger partial charge in [0.15, 0.2) is 5.43 Å². The molecule has 0 saturated heterocycles. The minimum absolute atomic E-state index is 0.131. The van der Waals surface area contributed by atoms with Crippen LogP contribution >= 0.6 is 15.9 Å². The van der Waals surface area contributed by atoms with Gasteiger partial charge in [-0.05, 0) is 36.2 Å². The topological polar surface area (TPSA) is 50.5 Å². The number of para-hydroxylation sites is 1. The van der Waals surface area contributed by atoms with Crippen LogP contribution in [0.4, 0.5) is 0 Å². The van der Waals surface area contributed by atoms with Gasteiger partial charge in [0.25, 0.3) is 5.91 Å². The highest BCUT2D eigenvalue weighted by Crippen LogP contribution is 2.38. The molecule has 0 fully saturated rings. The molecule has 1 unspecified atom stereocenters. The van der Waals surface area contributed by atoms with E-state index in [1.807, 2.05) is 31.2 Å². The van der Waals surface area contributed by atoms with Crippen LogP contribution < -0.4 is 5.43 Å². The number of carbonyl (C=O) groups is 1. The third-order valence-corrected chi connectivity index (χ3v) is 5.00. The van der Waals surface area contributed by atoms with Gasteiger partial charge in [0.1, 0.15) is 5.58 Å². The van der Waals surface area contributed by atoms with E-state index in [0.29, 0.717) is 23.1 Å². The van der Waals surface area contributed by atoms with Gasteiger partial charge in [-0.25, -0.2) is 0 Å². The lowest BCUT2D eigenvalue weighted by Gasteiger charge is -2.24. The van der Waals surface area contributed by atoms with Crippen molar-refractivity contribution in [2.75, 3.05) is 6.54 Å². The molecule has 1 aliphatic heterocycles. The molecule has 0 spiro atoms. The Bertz CT molecular complexity index is 1040. The van der Waals surface area contributed by atoms with Gasteiger partial charge in [0, 0.05) is 11.0 Å². The van der Waals surface area contributed by atoms with Gasteiger partial charge in [0.2, 0.25) is 5.76 Å². The quantitative estimate of drug-likeness (QED) is 0.652. The predicted octanol–water partition coefficient (Wildman–Crippen LogP) is 4.51. The summed E-state index contributed by atoms with van der Waals surface area (Å²) in [4.78, 5) is 27.8. The van der Waals surface area contributed by atoms with E-state index < -0.39 is 6.04 Å². The van der Waals surface area contributed by atoms with Crippen molar-refractivity contribution in [3.63, 3.8) is 0 Å². The molecule has 5 heteroatoms. The Kier molecular flexibility index (Phi) is 3.96. The smallest absolute Gasteiger partial charge is 0.290 e. The van der Waals surface area contributed by atoms with Crippen LogP contribution in [0.25, 0.3) is 11.0 Å². The molecule has 0 aliphatic carbocycles. The maximum Gasteiger partial charge on any atom is 0.290 e. The molecule has 126 valence electrons. The zero-order chi connectivity index (χ0) is 17.6. The van der Waals surface area contributed by atoms with Gasteiger partial charge in [-0.2, -0.15) is 0 Å². The molecular formula is C20H16BrNO3. The first-order chi connectivity index (χ1) is 12.1. The molecule has 1 aliphatic rings. The van der Waals surface area contributed by atoms with Crippen molar-refractivity contribution in [2.24, 2.45) is 0 Å². The van der Waals surface area contributed by atoms with E-state index in [4.69, 9.17) is 4.42 Å². The molecule has 0 N–H and O–H groups in total. The summed E-state index contributed by atoms with van der Waals surface area (Å²) in [6.45, 7) is 2.58. The first kappa shape index (κ1) is 16.1. The summed E-state index contributed by atoms with van der Waals surface area (Å²) < 4.78 is 6.76. The van der Waals surface area contributed by atoms with Crippen molar-refractivity contribution in [3.8, 4) is 0 Å². The Hall–Kier alpha value is -2.40. The van der Waals surface area contributed by atoms with Gasteiger partial charge in [0.05, 0.1) is 17.0 Å². The lowest BCUT2D eigenvalue weighted by Crippen LogP contribution is -2.30. The molecule has 1 atom stereocenters. The number of amides is 1. The zero-order valence-electron chi connectivity index (χ0n) is 13.7. The predicted molar refractivity (Wildman–Crippen MR) is 99.8 cm³/mol. The summed E-state index contributed by atoms with van der Waals surface area (Å²) in [5.74, 6) is -0.0493.